The first kappa shape index (κ1) is 13.7. The fraction of sp³-hybridized carbons (Fsp3) is 0.400. The van der Waals surface area contributed by atoms with Crippen molar-refractivity contribution in [3.8, 4) is 0 Å². The van der Waals surface area contributed by atoms with E-state index in [1.165, 1.54) is 0 Å². The third-order valence-corrected chi connectivity index (χ3v) is 3.19. The Kier molecular flexibility index (Phi) is 4.68. The van der Waals surface area contributed by atoms with Gasteiger partial charge in [0.25, 0.3) is 0 Å². The summed E-state index contributed by atoms with van der Waals surface area (Å²) in [5, 5.41) is 3.19. The van der Waals surface area contributed by atoms with E-state index in [0.29, 0.717) is 18.5 Å². The second kappa shape index (κ2) is 6.48. The molecular formula is C15H20FN3. The monoisotopic (exact) mass is 261 g/mol. The van der Waals surface area contributed by atoms with Gasteiger partial charge in [-0.3, -0.25) is 0 Å². The minimum absolute atomic E-state index is 0.152. The highest BCUT2D eigenvalue weighted by molar-refractivity contribution is 5.27. The Labute approximate surface area is 113 Å². The van der Waals surface area contributed by atoms with Crippen LogP contribution in [0.15, 0.2) is 30.6 Å². The first-order valence-corrected chi connectivity index (χ1v) is 6.72. The van der Waals surface area contributed by atoms with Gasteiger partial charge in [-0.15, -0.1) is 0 Å². The van der Waals surface area contributed by atoms with Crippen LogP contribution in [0.2, 0.25) is 0 Å². The maximum absolute atomic E-state index is 14.0. The van der Waals surface area contributed by atoms with Crippen molar-refractivity contribution in [3.63, 3.8) is 0 Å². The van der Waals surface area contributed by atoms with Gasteiger partial charge in [0.05, 0.1) is 0 Å². The lowest BCUT2D eigenvalue weighted by Crippen LogP contribution is -2.12. The molecule has 0 atom stereocenters. The molecule has 102 valence electrons. The Bertz CT molecular complexity index is 534. The smallest absolute Gasteiger partial charge is 0.127 e. The molecule has 0 fully saturated rings. The standard InChI is InChI=1S/C15H20FN3/c1-3-17-11-12-5-6-13(14(16)9-12)10-15-18-7-8-19(15)4-2/h5-9,17H,3-4,10-11H2,1-2H3. The van der Waals surface area contributed by atoms with Crippen LogP contribution in [0, 0.1) is 5.82 Å². The number of nitrogens with zero attached hydrogens (tertiary/aromatic N) is 2. The molecule has 1 aromatic carbocycles. The van der Waals surface area contributed by atoms with E-state index in [-0.39, 0.29) is 5.82 Å². The summed E-state index contributed by atoms with van der Waals surface area (Å²) in [6, 6.07) is 5.44. The average Bonchev–Trinajstić information content (AvgIpc) is 2.86. The van der Waals surface area contributed by atoms with E-state index in [0.717, 1.165) is 24.5 Å². The molecule has 19 heavy (non-hydrogen) atoms. The molecule has 1 heterocycles. The molecule has 0 bridgehead atoms. The van der Waals surface area contributed by atoms with E-state index in [1.54, 1.807) is 12.3 Å². The number of aryl methyl sites for hydroxylation is 1. The van der Waals surface area contributed by atoms with Gasteiger partial charge in [0.2, 0.25) is 0 Å². The molecular weight excluding hydrogens is 241 g/mol. The zero-order valence-electron chi connectivity index (χ0n) is 11.5. The van der Waals surface area contributed by atoms with Crippen LogP contribution >= 0.6 is 0 Å². The zero-order valence-corrected chi connectivity index (χ0v) is 11.5. The van der Waals surface area contributed by atoms with Crippen molar-refractivity contribution < 1.29 is 4.39 Å². The average molecular weight is 261 g/mol. The van der Waals surface area contributed by atoms with Crippen LogP contribution in [0.1, 0.15) is 30.8 Å². The van der Waals surface area contributed by atoms with Crippen LogP contribution in [0.3, 0.4) is 0 Å². The molecule has 0 unspecified atom stereocenters. The maximum Gasteiger partial charge on any atom is 0.127 e. The molecule has 0 spiro atoms. The van der Waals surface area contributed by atoms with Gasteiger partial charge in [-0.25, -0.2) is 9.37 Å². The molecule has 0 aliphatic rings. The van der Waals surface area contributed by atoms with Crippen LogP contribution in [-0.4, -0.2) is 16.1 Å². The molecule has 0 saturated carbocycles. The molecule has 0 saturated heterocycles. The van der Waals surface area contributed by atoms with Crippen LogP contribution in [-0.2, 0) is 19.5 Å². The number of rotatable bonds is 6. The van der Waals surface area contributed by atoms with Crippen LogP contribution in [0.25, 0.3) is 0 Å². The predicted molar refractivity (Wildman–Crippen MR) is 74.5 cm³/mol. The van der Waals surface area contributed by atoms with Crippen LogP contribution in [0.4, 0.5) is 4.39 Å². The lowest BCUT2D eigenvalue weighted by atomic mass is 10.1. The Morgan fingerprint density at radius 2 is 2.16 bits per heavy atom. The van der Waals surface area contributed by atoms with Crippen LogP contribution in [0.5, 0.6) is 0 Å². The number of benzene rings is 1. The first-order chi connectivity index (χ1) is 9.24. The van der Waals surface area contributed by atoms with Gasteiger partial charge in [0.15, 0.2) is 0 Å². The molecule has 0 amide bonds. The highest BCUT2D eigenvalue weighted by Gasteiger charge is 2.08. The number of imidazole rings is 1. The number of hydrogen-bond acceptors (Lipinski definition) is 2. The van der Waals surface area contributed by atoms with E-state index in [9.17, 15) is 4.39 Å². The van der Waals surface area contributed by atoms with Crippen molar-refractivity contribution >= 4 is 0 Å². The van der Waals surface area contributed by atoms with E-state index in [2.05, 4.69) is 17.2 Å². The molecule has 1 N–H and O–H groups in total. The summed E-state index contributed by atoms with van der Waals surface area (Å²) in [6.07, 6.45) is 4.22. The fourth-order valence-corrected chi connectivity index (χ4v) is 2.08. The largest absolute Gasteiger partial charge is 0.335 e. The quantitative estimate of drug-likeness (QED) is 0.866. The van der Waals surface area contributed by atoms with Gasteiger partial charge in [0.1, 0.15) is 11.6 Å². The highest BCUT2D eigenvalue weighted by atomic mass is 19.1. The fourth-order valence-electron chi connectivity index (χ4n) is 2.08. The number of halogens is 1. The number of hydrogen-bond donors (Lipinski definition) is 1. The topological polar surface area (TPSA) is 29.9 Å². The molecule has 1 aromatic heterocycles. The highest BCUT2D eigenvalue weighted by Crippen LogP contribution is 2.14. The van der Waals surface area contributed by atoms with Crippen molar-refractivity contribution in [3.05, 3.63) is 53.4 Å². The van der Waals surface area contributed by atoms with Crippen molar-refractivity contribution in [1.82, 2.24) is 14.9 Å². The van der Waals surface area contributed by atoms with E-state index < -0.39 is 0 Å². The summed E-state index contributed by atoms with van der Waals surface area (Å²) >= 11 is 0. The van der Waals surface area contributed by atoms with Gasteiger partial charge < -0.3 is 9.88 Å². The lowest BCUT2D eigenvalue weighted by Gasteiger charge is -2.08. The second-order valence-electron chi connectivity index (χ2n) is 4.51. The zero-order chi connectivity index (χ0) is 13.7. The van der Waals surface area contributed by atoms with Crippen molar-refractivity contribution in [2.24, 2.45) is 0 Å². The molecule has 0 aliphatic heterocycles. The summed E-state index contributed by atoms with van der Waals surface area (Å²) in [5.41, 5.74) is 1.67. The van der Waals surface area contributed by atoms with Crippen molar-refractivity contribution in [2.45, 2.75) is 33.4 Å². The SMILES string of the molecule is CCNCc1ccc(Cc2nccn2CC)c(F)c1. The van der Waals surface area contributed by atoms with Gasteiger partial charge in [-0.1, -0.05) is 19.1 Å². The molecule has 0 radical (unpaired) electrons. The van der Waals surface area contributed by atoms with Crippen molar-refractivity contribution in [1.29, 1.82) is 0 Å². The Hall–Kier alpha value is -1.68. The van der Waals surface area contributed by atoms with Gasteiger partial charge >= 0.3 is 0 Å². The third-order valence-electron chi connectivity index (χ3n) is 3.19. The maximum atomic E-state index is 14.0. The Morgan fingerprint density at radius 1 is 1.32 bits per heavy atom. The van der Waals surface area contributed by atoms with Gasteiger partial charge in [0, 0.05) is 31.9 Å². The summed E-state index contributed by atoms with van der Waals surface area (Å²) in [4.78, 5) is 4.28. The van der Waals surface area contributed by atoms with E-state index >= 15 is 0 Å². The molecule has 3 nitrogen and oxygen atoms in total. The Balaban J connectivity index is 2.13. The summed E-state index contributed by atoms with van der Waals surface area (Å²) in [6.45, 7) is 6.54. The lowest BCUT2D eigenvalue weighted by molar-refractivity contribution is 0.602. The van der Waals surface area contributed by atoms with Crippen molar-refractivity contribution in [2.75, 3.05) is 6.54 Å². The van der Waals surface area contributed by atoms with Gasteiger partial charge in [-0.05, 0) is 30.7 Å². The Morgan fingerprint density at radius 3 is 2.84 bits per heavy atom. The third kappa shape index (κ3) is 3.41. The molecule has 2 aromatic rings. The second-order valence-corrected chi connectivity index (χ2v) is 4.51. The van der Waals surface area contributed by atoms with Crippen LogP contribution < -0.4 is 5.32 Å². The summed E-state index contributed by atoms with van der Waals surface area (Å²) in [7, 11) is 0. The molecule has 0 aliphatic carbocycles. The predicted octanol–water partition coefficient (Wildman–Crippen LogP) is 2.74. The minimum Gasteiger partial charge on any atom is -0.335 e. The molecule has 2 rings (SSSR count). The minimum atomic E-state index is -0.152. The summed E-state index contributed by atoms with van der Waals surface area (Å²) < 4.78 is 16.1. The number of nitrogens with one attached hydrogen (secondary N) is 1. The summed E-state index contributed by atoms with van der Waals surface area (Å²) in [5.74, 6) is 0.752. The first-order valence-electron chi connectivity index (χ1n) is 6.72. The van der Waals surface area contributed by atoms with E-state index in [1.807, 2.05) is 29.8 Å². The normalized spacial score (nSPS) is 10.9. The number of aromatic nitrogens is 2. The van der Waals surface area contributed by atoms with E-state index in [4.69, 9.17) is 0 Å². The molecule has 4 heteroatoms. The van der Waals surface area contributed by atoms with Gasteiger partial charge in [-0.2, -0.15) is 0 Å².